The van der Waals surface area contributed by atoms with E-state index in [-0.39, 0.29) is 12.5 Å². The van der Waals surface area contributed by atoms with Crippen molar-refractivity contribution < 1.29 is 14.4 Å². The topological polar surface area (TPSA) is 93.5 Å². The van der Waals surface area contributed by atoms with Gasteiger partial charge in [-0.05, 0) is 43.2 Å². The molecular formula is C23H22N4O3S. The zero-order valence-electron chi connectivity index (χ0n) is 17.3. The molecule has 2 aromatic carbocycles. The number of nitrogens with zero attached hydrogens (tertiary/aromatic N) is 3. The van der Waals surface area contributed by atoms with Gasteiger partial charge in [-0.2, -0.15) is 5.26 Å². The number of thioether (sulfide) groups is 1. The van der Waals surface area contributed by atoms with Gasteiger partial charge in [-0.3, -0.25) is 14.5 Å². The molecule has 31 heavy (non-hydrogen) atoms. The van der Waals surface area contributed by atoms with Gasteiger partial charge < -0.3 is 10.2 Å². The number of rotatable bonds is 3. The van der Waals surface area contributed by atoms with Gasteiger partial charge in [0.15, 0.2) is 0 Å². The fourth-order valence-corrected chi connectivity index (χ4v) is 4.99. The quantitative estimate of drug-likeness (QED) is 0.749. The summed E-state index contributed by atoms with van der Waals surface area (Å²) in [5.74, 6) is -0.781. The zero-order valence-corrected chi connectivity index (χ0v) is 18.1. The van der Waals surface area contributed by atoms with Crippen LogP contribution < -0.4 is 10.2 Å². The first kappa shape index (κ1) is 20.9. The summed E-state index contributed by atoms with van der Waals surface area (Å²) in [6.45, 7) is 3.93. The van der Waals surface area contributed by atoms with Gasteiger partial charge in [-0.1, -0.05) is 31.2 Å². The van der Waals surface area contributed by atoms with Crippen LogP contribution in [0.5, 0.6) is 0 Å². The average Bonchev–Trinajstić information content (AvgIpc) is 2.90. The molecule has 2 aromatic rings. The lowest BCUT2D eigenvalue weighted by Crippen LogP contribution is -2.45. The Morgan fingerprint density at radius 3 is 2.65 bits per heavy atom. The predicted octanol–water partition coefficient (Wildman–Crippen LogP) is 3.24. The Hall–Kier alpha value is -3.31. The molecule has 0 bridgehead atoms. The average molecular weight is 435 g/mol. The number of hydrogen-bond acceptors (Lipinski definition) is 5. The molecule has 8 heteroatoms. The van der Waals surface area contributed by atoms with E-state index >= 15 is 0 Å². The lowest BCUT2D eigenvalue weighted by atomic mass is 9.91. The molecule has 1 saturated heterocycles. The molecule has 7 nitrogen and oxygen atoms in total. The molecule has 1 fully saturated rings. The standard InChI is InChI=1S/C23H22N4O3S/c1-15-11-12-26(18-5-3-4-6-19(18)31-15)20(28)14-27-21(29)23(2,25-22(27)30)17-9-7-16(13-24)8-10-17/h3-10,15H,11-12,14H2,1-2H3,(H,25,30). The van der Waals surface area contributed by atoms with Crippen molar-refractivity contribution in [2.45, 2.75) is 36.0 Å². The van der Waals surface area contributed by atoms with E-state index in [2.05, 4.69) is 12.2 Å². The third kappa shape index (κ3) is 3.77. The molecule has 4 rings (SSSR count). The van der Waals surface area contributed by atoms with Crippen LogP contribution in [0.2, 0.25) is 0 Å². The van der Waals surface area contributed by atoms with Crippen molar-refractivity contribution >= 4 is 35.3 Å². The number of urea groups is 1. The van der Waals surface area contributed by atoms with Gasteiger partial charge in [-0.15, -0.1) is 11.8 Å². The van der Waals surface area contributed by atoms with Crippen LogP contribution in [0.25, 0.3) is 0 Å². The number of nitriles is 1. The highest BCUT2D eigenvalue weighted by Gasteiger charge is 2.49. The summed E-state index contributed by atoms with van der Waals surface area (Å²) in [6.07, 6.45) is 0.814. The number of hydrogen-bond donors (Lipinski definition) is 1. The second-order valence-electron chi connectivity index (χ2n) is 7.87. The van der Waals surface area contributed by atoms with Gasteiger partial charge in [0.05, 0.1) is 17.3 Å². The summed E-state index contributed by atoms with van der Waals surface area (Å²) in [5.41, 5.74) is 0.545. The minimum Gasteiger partial charge on any atom is -0.319 e. The summed E-state index contributed by atoms with van der Waals surface area (Å²) in [4.78, 5) is 42.7. The van der Waals surface area contributed by atoms with Crippen LogP contribution in [0.3, 0.4) is 0 Å². The van der Waals surface area contributed by atoms with E-state index in [0.29, 0.717) is 22.9 Å². The Labute approximate surface area is 185 Å². The molecule has 2 aliphatic rings. The fourth-order valence-electron chi connectivity index (χ4n) is 3.88. The number of fused-ring (bicyclic) bond motifs is 1. The zero-order chi connectivity index (χ0) is 22.2. The molecule has 1 N–H and O–H groups in total. The molecule has 0 radical (unpaired) electrons. The van der Waals surface area contributed by atoms with Gasteiger partial charge in [0.1, 0.15) is 12.1 Å². The van der Waals surface area contributed by atoms with Crippen LogP contribution in [0.1, 0.15) is 31.4 Å². The Bertz CT molecular complexity index is 1090. The molecule has 0 saturated carbocycles. The van der Waals surface area contributed by atoms with Crippen LogP contribution in [-0.4, -0.2) is 41.1 Å². The van der Waals surface area contributed by atoms with Crippen molar-refractivity contribution in [2.24, 2.45) is 0 Å². The molecule has 2 aliphatic heterocycles. The third-order valence-corrected chi connectivity index (χ3v) is 6.94. The van der Waals surface area contributed by atoms with Gasteiger partial charge in [0.2, 0.25) is 5.91 Å². The van der Waals surface area contributed by atoms with Crippen LogP contribution in [0.15, 0.2) is 53.4 Å². The number of imide groups is 1. The first-order chi connectivity index (χ1) is 14.8. The van der Waals surface area contributed by atoms with Crippen molar-refractivity contribution in [2.75, 3.05) is 18.0 Å². The number of para-hydroxylation sites is 1. The molecular weight excluding hydrogens is 412 g/mol. The highest BCUT2D eigenvalue weighted by Crippen LogP contribution is 2.37. The van der Waals surface area contributed by atoms with Crippen LogP contribution in [0, 0.1) is 11.3 Å². The van der Waals surface area contributed by atoms with Crippen molar-refractivity contribution in [3.8, 4) is 6.07 Å². The highest BCUT2D eigenvalue weighted by molar-refractivity contribution is 8.00. The van der Waals surface area contributed by atoms with Gasteiger partial charge in [0.25, 0.3) is 5.91 Å². The monoisotopic (exact) mass is 434 g/mol. The van der Waals surface area contributed by atoms with Crippen molar-refractivity contribution in [3.63, 3.8) is 0 Å². The summed E-state index contributed by atoms with van der Waals surface area (Å²) in [7, 11) is 0. The summed E-state index contributed by atoms with van der Waals surface area (Å²) >= 11 is 1.72. The lowest BCUT2D eigenvalue weighted by molar-refractivity contribution is -0.134. The number of carbonyl (C=O) groups excluding carboxylic acids is 3. The second kappa shape index (κ2) is 8.08. The molecule has 2 unspecified atom stereocenters. The molecule has 2 atom stereocenters. The first-order valence-electron chi connectivity index (χ1n) is 10.0. The fraction of sp³-hybridized carbons (Fsp3) is 0.304. The van der Waals surface area contributed by atoms with Gasteiger partial charge >= 0.3 is 6.03 Å². The number of benzene rings is 2. The number of anilines is 1. The van der Waals surface area contributed by atoms with Crippen LogP contribution in [0.4, 0.5) is 10.5 Å². The highest BCUT2D eigenvalue weighted by atomic mass is 32.2. The van der Waals surface area contributed by atoms with E-state index in [1.165, 1.54) is 0 Å². The Kier molecular flexibility index (Phi) is 5.46. The van der Waals surface area contributed by atoms with E-state index in [4.69, 9.17) is 5.26 Å². The SMILES string of the molecule is CC1CCN(C(=O)CN2C(=O)NC(C)(c3ccc(C#N)cc3)C2=O)c2ccccc2S1. The van der Waals surface area contributed by atoms with Crippen molar-refractivity contribution in [3.05, 3.63) is 59.7 Å². The molecule has 0 aromatic heterocycles. The summed E-state index contributed by atoms with van der Waals surface area (Å²) in [6, 6.07) is 15.6. The molecule has 2 heterocycles. The largest absolute Gasteiger partial charge is 0.325 e. The maximum absolute atomic E-state index is 13.2. The number of amides is 4. The molecule has 4 amide bonds. The van der Waals surface area contributed by atoms with Crippen LogP contribution in [-0.2, 0) is 15.1 Å². The Morgan fingerprint density at radius 1 is 1.23 bits per heavy atom. The van der Waals surface area contributed by atoms with Crippen molar-refractivity contribution in [1.82, 2.24) is 10.2 Å². The maximum atomic E-state index is 13.2. The molecule has 0 spiro atoms. The van der Waals surface area contributed by atoms with E-state index in [9.17, 15) is 14.4 Å². The first-order valence-corrected chi connectivity index (χ1v) is 10.9. The van der Waals surface area contributed by atoms with Crippen LogP contribution >= 0.6 is 11.8 Å². The molecule has 158 valence electrons. The predicted molar refractivity (Wildman–Crippen MR) is 117 cm³/mol. The number of nitrogens with one attached hydrogen (secondary N) is 1. The van der Waals surface area contributed by atoms with Crippen molar-refractivity contribution in [1.29, 1.82) is 5.26 Å². The van der Waals surface area contributed by atoms with E-state index in [1.54, 1.807) is 47.9 Å². The maximum Gasteiger partial charge on any atom is 0.325 e. The Balaban J connectivity index is 1.57. The smallest absolute Gasteiger partial charge is 0.319 e. The van der Waals surface area contributed by atoms with E-state index in [0.717, 1.165) is 21.9 Å². The molecule has 0 aliphatic carbocycles. The summed E-state index contributed by atoms with van der Waals surface area (Å²) < 4.78 is 0. The lowest BCUT2D eigenvalue weighted by Gasteiger charge is -2.25. The number of carbonyl (C=O) groups is 3. The Morgan fingerprint density at radius 2 is 1.94 bits per heavy atom. The minimum absolute atomic E-state index is 0.297. The van der Waals surface area contributed by atoms with E-state index in [1.807, 2.05) is 30.3 Å². The van der Waals surface area contributed by atoms with E-state index < -0.39 is 17.5 Å². The van der Waals surface area contributed by atoms with Gasteiger partial charge in [0, 0.05) is 16.7 Å². The minimum atomic E-state index is -1.29. The second-order valence-corrected chi connectivity index (χ2v) is 9.35. The summed E-state index contributed by atoms with van der Waals surface area (Å²) in [5, 5.41) is 12.1. The third-order valence-electron chi connectivity index (χ3n) is 5.70. The normalized spacial score (nSPS) is 23.1. The van der Waals surface area contributed by atoms with Gasteiger partial charge in [-0.25, -0.2) is 4.79 Å².